The molecule has 162 valence electrons. The molecular weight excluding hydrogens is 380 g/mol. The Morgan fingerprint density at radius 1 is 0.600 bits per heavy atom. The summed E-state index contributed by atoms with van der Waals surface area (Å²) in [5.74, 6) is -0.724. The Balaban J connectivity index is 2.12. The minimum atomic E-state index is -0.431. The molecule has 0 radical (unpaired) electrons. The van der Waals surface area contributed by atoms with E-state index in [1.165, 1.54) is 24.3 Å². The SMILES string of the molecule is CN(CCN(C)C1=CC(=O)C=C(C(C)(C)C)C1=O)C1=CC(=O)C=C(C(C)(C)C)C1=O. The van der Waals surface area contributed by atoms with Gasteiger partial charge in [-0.05, 0) is 23.0 Å². The van der Waals surface area contributed by atoms with Gasteiger partial charge in [0, 0.05) is 50.5 Å². The number of ketones is 4. The van der Waals surface area contributed by atoms with E-state index in [9.17, 15) is 19.2 Å². The molecule has 0 aliphatic heterocycles. The smallest absolute Gasteiger partial charge is 0.205 e. The van der Waals surface area contributed by atoms with E-state index < -0.39 is 10.8 Å². The maximum absolute atomic E-state index is 12.9. The Morgan fingerprint density at radius 2 is 0.900 bits per heavy atom. The number of allylic oxidation sites excluding steroid dienone is 6. The fraction of sp³-hybridized carbons (Fsp3) is 0.500. The Bertz CT molecular complexity index is 842. The molecule has 0 aromatic rings. The summed E-state index contributed by atoms with van der Waals surface area (Å²) in [4.78, 5) is 53.5. The Labute approximate surface area is 179 Å². The zero-order valence-electron chi connectivity index (χ0n) is 19.3. The van der Waals surface area contributed by atoms with Crippen molar-refractivity contribution in [3.63, 3.8) is 0 Å². The molecule has 0 heterocycles. The number of hydrogen-bond acceptors (Lipinski definition) is 6. The first kappa shape index (κ1) is 23.5. The average molecular weight is 413 g/mol. The summed E-state index contributed by atoms with van der Waals surface area (Å²) >= 11 is 0. The van der Waals surface area contributed by atoms with Gasteiger partial charge in [-0.15, -0.1) is 0 Å². The van der Waals surface area contributed by atoms with E-state index in [1.807, 2.05) is 41.5 Å². The third kappa shape index (κ3) is 5.04. The third-order valence-corrected chi connectivity index (χ3v) is 5.30. The van der Waals surface area contributed by atoms with Crippen molar-refractivity contribution >= 4 is 23.1 Å². The first-order valence-electron chi connectivity index (χ1n) is 10.1. The summed E-state index contributed by atoms with van der Waals surface area (Å²) < 4.78 is 0. The lowest BCUT2D eigenvalue weighted by Gasteiger charge is -2.32. The van der Waals surface area contributed by atoms with Crippen LogP contribution in [-0.4, -0.2) is 60.1 Å². The molecule has 2 aliphatic carbocycles. The lowest BCUT2D eigenvalue weighted by Crippen LogP contribution is -2.38. The molecule has 0 atom stereocenters. The Kier molecular flexibility index (Phi) is 6.40. The molecule has 0 N–H and O–H groups in total. The van der Waals surface area contributed by atoms with E-state index in [4.69, 9.17) is 0 Å². The molecule has 0 unspecified atom stereocenters. The van der Waals surface area contributed by atoms with E-state index in [0.29, 0.717) is 35.6 Å². The van der Waals surface area contributed by atoms with Crippen LogP contribution in [0, 0.1) is 10.8 Å². The predicted octanol–water partition coefficient (Wildman–Crippen LogP) is 2.87. The molecule has 0 bridgehead atoms. The second-order valence-corrected chi connectivity index (χ2v) is 9.98. The monoisotopic (exact) mass is 412 g/mol. The van der Waals surface area contributed by atoms with Crippen molar-refractivity contribution in [1.29, 1.82) is 0 Å². The topological polar surface area (TPSA) is 74.8 Å². The van der Waals surface area contributed by atoms with Crippen LogP contribution in [0.4, 0.5) is 0 Å². The van der Waals surface area contributed by atoms with Crippen molar-refractivity contribution in [2.75, 3.05) is 27.2 Å². The Morgan fingerprint density at radius 3 is 1.17 bits per heavy atom. The molecule has 6 heteroatoms. The minimum absolute atomic E-state index is 0.159. The van der Waals surface area contributed by atoms with Crippen LogP contribution < -0.4 is 0 Å². The zero-order valence-corrected chi connectivity index (χ0v) is 19.3. The van der Waals surface area contributed by atoms with E-state index in [0.717, 1.165) is 0 Å². The van der Waals surface area contributed by atoms with Crippen LogP contribution in [0.2, 0.25) is 0 Å². The quantitative estimate of drug-likeness (QED) is 0.647. The van der Waals surface area contributed by atoms with Gasteiger partial charge in [0.1, 0.15) is 0 Å². The zero-order chi connectivity index (χ0) is 23.0. The second-order valence-electron chi connectivity index (χ2n) is 9.98. The summed E-state index contributed by atoms with van der Waals surface area (Å²) in [6, 6.07) is 0. The van der Waals surface area contributed by atoms with Gasteiger partial charge in [0.15, 0.2) is 11.6 Å². The third-order valence-electron chi connectivity index (χ3n) is 5.30. The molecule has 0 aromatic heterocycles. The van der Waals surface area contributed by atoms with Crippen LogP contribution in [0.5, 0.6) is 0 Å². The molecule has 2 rings (SSSR count). The van der Waals surface area contributed by atoms with Crippen molar-refractivity contribution < 1.29 is 19.2 Å². The number of Topliss-reactive ketones (excluding diaryl/α,β-unsaturated/α-hetero) is 2. The summed E-state index contributed by atoms with van der Waals surface area (Å²) in [5.41, 5.74) is 0.799. The summed E-state index contributed by atoms with van der Waals surface area (Å²) in [5, 5.41) is 0. The van der Waals surface area contributed by atoms with Crippen LogP contribution >= 0.6 is 0 Å². The van der Waals surface area contributed by atoms with E-state index in [2.05, 4.69) is 0 Å². The van der Waals surface area contributed by atoms with E-state index in [1.54, 1.807) is 23.9 Å². The molecule has 0 spiro atoms. The molecule has 0 saturated carbocycles. The fourth-order valence-corrected chi connectivity index (χ4v) is 3.40. The molecule has 0 aromatic carbocycles. The van der Waals surface area contributed by atoms with Gasteiger partial charge in [0.05, 0.1) is 11.4 Å². The van der Waals surface area contributed by atoms with Gasteiger partial charge < -0.3 is 9.80 Å². The highest BCUT2D eigenvalue weighted by Gasteiger charge is 2.33. The van der Waals surface area contributed by atoms with Gasteiger partial charge >= 0.3 is 0 Å². The predicted molar refractivity (Wildman–Crippen MR) is 117 cm³/mol. The van der Waals surface area contributed by atoms with Gasteiger partial charge in [-0.2, -0.15) is 0 Å². The van der Waals surface area contributed by atoms with Crippen LogP contribution in [0.15, 0.2) is 46.8 Å². The highest BCUT2D eigenvalue weighted by molar-refractivity contribution is 6.21. The van der Waals surface area contributed by atoms with Crippen molar-refractivity contribution in [2.45, 2.75) is 41.5 Å². The van der Waals surface area contributed by atoms with Gasteiger partial charge in [-0.25, -0.2) is 0 Å². The number of nitrogens with zero attached hydrogens (tertiary/aromatic N) is 2. The maximum Gasteiger partial charge on any atom is 0.205 e. The Hall–Kier alpha value is -2.76. The molecule has 30 heavy (non-hydrogen) atoms. The maximum atomic E-state index is 12.9. The number of carbonyl (C=O) groups excluding carboxylic acids is 4. The first-order valence-corrected chi connectivity index (χ1v) is 10.1. The van der Waals surface area contributed by atoms with Crippen molar-refractivity contribution in [3.05, 3.63) is 46.8 Å². The van der Waals surface area contributed by atoms with Gasteiger partial charge in [0.2, 0.25) is 11.6 Å². The summed E-state index contributed by atoms with van der Waals surface area (Å²) in [7, 11) is 3.50. The summed E-state index contributed by atoms with van der Waals surface area (Å²) in [6.07, 6.45) is 5.52. The molecule has 0 amide bonds. The first-order chi connectivity index (χ1) is 13.6. The standard InChI is InChI=1S/C24H32N2O4/c1-23(2,3)17-11-15(27)13-19(21(17)29)25(7)9-10-26(8)20-14-16(28)12-18(22(20)30)24(4,5)6/h11-14H,9-10H2,1-8H3. The molecule has 0 saturated heterocycles. The highest BCUT2D eigenvalue weighted by atomic mass is 16.1. The van der Waals surface area contributed by atoms with Crippen LogP contribution in [0.1, 0.15) is 41.5 Å². The molecular formula is C24H32N2O4. The van der Waals surface area contributed by atoms with Crippen molar-refractivity contribution in [2.24, 2.45) is 10.8 Å². The van der Waals surface area contributed by atoms with Gasteiger partial charge in [-0.3, -0.25) is 19.2 Å². The summed E-state index contributed by atoms with van der Waals surface area (Å²) in [6.45, 7) is 12.2. The molecule has 0 fully saturated rings. The highest BCUT2D eigenvalue weighted by Crippen LogP contribution is 2.32. The average Bonchev–Trinajstić information content (AvgIpc) is 2.60. The number of likely N-dealkylation sites (N-methyl/N-ethyl adjacent to an activating group) is 2. The number of hydrogen-bond donors (Lipinski definition) is 0. The minimum Gasteiger partial charge on any atom is -0.370 e. The molecule has 2 aliphatic rings. The second kappa shape index (κ2) is 8.17. The van der Waals surface area contributed by atoms with E-state index in [-0.39, 0.29) is 23.1 Å². The van der Waals surface area contributed by atoms with Crippen LogP contribution in [0.25, 0.3) is 0 Å². The van der Waals surface area contributed by atoms with Crippen molar-refractivity contribution in [3.8, 4) is 0 Å². The lowest BCUT2D eigenvalue weighted by molar-refractivity contribution is -0.117. The normalized spacial score (nSPS) is 18.0. The van der Waals surface area contributed by atoms with E-state index >= 15 is 0 Å². The van der Waals surface area contributed by atoms with Gasteiger partial charge in [-0.1, -0.05) is 41.5 Å². The van der Waals surface area contributed by atoms with Crippen LogP contribution in [0.3, 0.4) is 0 Å². The molecule has 6 nitrogen and oxygen atoms in total. The number of carbonyl (C=O) groups is 4. The lowest BCUT2D eigenvalue weighted by atomic mass is 9.80. The van der Waals surface area contributed by atoms with Crippen molar-refractivity contribution in [1.82, 2.24) is 9.80 Å². The number of rotatable bonds is 5. The van der Waals surface area contributed by atoms with Gasteiger partial charge in [0.25, 0.3) is 0 Å². The largest absolute Gasteiger partial charge is 0.370 e. The van der Waals surface area contributed by atoms with Crippen LogP contribution in [-0.2, 0) is 19.2 Å². The fourth-order valence-electron chi connectivity index (χ4n) is 3.40.